The average Bonchev–Trinajstić information content (AvgIpc) is 2.50. The van der Waals surface area contributed by atoms with Gasteiger partial charge >= 0.3 is 0 Å². The van der Waals surface area contributed by atoms with Crippen molar-refractivity contribution in [3.05, 3.63) is 28.8 Å². The highest BCUT2D eigenvalue weighted by Crippen LogP contribution is 2.26. The second-order valence-corrected chi connectivity index (χ2v) is 6.21. The van der Waals surface area contributed by atoms with E-state index in [0.717, 1.165) is 31.1 Å². The van der Waals surface area contributed by atoms with Crippen molar-refractivity contribution in [2.75, 3.05) is 18.4 Å². The lowest BCUT2D eigenvalue weighted by Gasteiger charge is -2.21. The number of hydrogen-bond acceptors (Lipinski definition) is 2. The van der Waals surface area contributed by atoms with Gasteiger partial charge in [-0.3, -0.25) is 4.79 Å². The summed E-state index contributed by atoms with van der Waals surface area (Å²) in [4.78, 5) is 12.3. The first-order chi connectivity index (χ1) is 10.2. The van der Waals surface area contributed by atoms with Crippen LogP contribution in [0.3, 0.4) is 0 Å². The normalized spacial score (nSPS) is 15.7. The molecule has 21 heavy (non-hydrogen) atoms. The largest absolute Gasteiger partial charge is 0.385 e. The summed E-state index contributed by atoms with van der Waals surface area (Å²) in [7, 11) is 0. The van der Waals surface area contributed by atoms with Gasteiger partial charge in [-0.2, -0.15) is 0 Å². The Bertz CT molecular complexity index is 470. The number of anilines is 1. The first-order valence-electron chi connectivity index (χ1n) is 8.02. The summed E-state index contributed by atoms with van der Waals surface area (Å²) in [5, 5.41) is 6.83. The monoisotopic (exact) mass is 308 g/mol. The Morgan fingerprint density at radius 2 is 2.05 bits per heavy atom. The molecule has 0 atom stereocenters. The third-order valence-electron chi connectivity index (χ3n) is 4.16. The zero-order valence-electron chi connectivity index (χ0n) is 12.8. The van der Waals surface area contributed by atoms with Gasteiger partial charge in [-0.25, -0.2) is 0 Å². The summed E-state index contributed by atoms with van der Waals surface area (Å²) in [6.07, 6.45) is 7.78. The van der Waals surface area contributed by atoms with Crippen LogP contribution in [0.25, 0.3) is 0 Å². The molecule has 0 heterocycles. The van der Waals surface area contributed by atoms with Crippen molar-refractivity contribution >= 4 is 23.2 Å². The molecule has 4 heteroatoms. The lowest BCUT2D eigenvalue weighted by atomic mass is 9.87. The second kappa shape index (κ2) is 8.28. The summed E-state index contributed by atoms with van der Waals surface area (Å²) in [5.74, 6) is 0.746. The van der Waals surface area contributed by atoms with E-state index in [1.807, 2.05) is 13.0 Å². The van der Waals surface area contributed by atoms with Gasteiger partial charge in [0.05, 0.1) is 5.56 Å². The van der Waals surface area contributed by atoms with Crippen molar-refractivity contribution in [2.45, 2.75) is 45.4 Å². The number of benzene rings is 1. The summed E-state index contributed by atoms with van der Waals surface area (Å²) < 4.78 is 0. The van der Waals surface area contributed by atoms with E-state index in [-0.39, 0.29) is 5.91 Å². The maximum atomic E-state index is 12.3. The van der Waals surface area contributed by atoms with E-state index in [4.69, 9.17) is 11.6 Å². The average molecular weight is 309 g/mol. The van der Waals surface area contributed by atoms with Gasteiger partial charge in [0.15, 0.2) is 0 Å². The number of nitrogens with one attached hydrogen (secondary N) is 2. The lowest BCUT2D eigenvalue weighted by Crippen LogP contribution is -2.27. The maximum Gasteiger partial charge on any atom is 0.253 e. The highest BCUT2D eigenvalue weighted by molar-refractivity contribution is 6.31. The molecule has 2 N–H and O–H groups in total. The van der Waals surface area contributed by atoms with Gasteiger partial charge in [-0.1, -0.05) is 43.7 Å². The fraction of sp³-hybridized carbons (Fsp3) is 0.588. The van der Waals surface area contributed by atoms with Crippen molar-refractivity contribution in [2.24, 2.45) is 5.92 Å². The predicted molar refractivity (Wildman–Crippen MR) is 89.1 cm³/mol. The molecule has 3 nitrogen and oxygen atoms in total. The molecule has 1 aliphatic rings. The predicted octanol–water partition coefficient (Wildman–Crippen LogP) is 4.47. The smallest absolute Gasteiger partial charge is 0.253 e. The minimum atomic E-state index is -0.0377. The third kappa shape index (κ3) is 4.92. The highest BCUT2D eigenvalue weighted by Gasteiger charge is 2.15. The molecule has 1 aromatic carbocycles. The Hall–Kier alpha value is -1.22. The first-order valence-corrected chi connectivity index (χ1v) is 8.40. The number of carbonyl (C=O) groups is 1. The van der Waals surface area contributed by atoms with E-state index in [2.05, 4.69) is 10.6 Å². The standard InChI is InChI=1S/C17H25ClN2O/c1-2-19-16-9-8-14(18)12-15(16)17(21)20-11-10-13-6-4-3-5-7-13/h8-9,12-13,19H,2-7,10-11H2,1H3,(H,20,21). The molecular weight excluding hydrogens is 284 g/mol. The molecule has 0 spiro atoms. The van der Waals surface area contributed by atoms with Crippen LogP contribution in [-0.4, -0.2) is 19.0 Å². The summed E-state index contributed by atoms with van der Waals surface area (Å²) in [6.45, 7) is 3.55. The van der Waals surface area contributed by atoms with Gasteiger partial charge in [0.2, 0.25) is 0 Å². The summed E-state index contributed by atoms with van der Waals surface area (Å²) in [5.41, 5.74) is 1.48. The van der Waals surface area contributed by atoms with E-state index in [0.29, 0.717) is 10.6 Å². The van der Waals surface area contributed by atoms with Crippen LogP contribution >= 0.6 is 11.6 Å². The van der Waals surface area contributed by atoms with Crippen molar-refractivity contribution in [1.82, 2.24) is 5.32 Å². The van der Waals surface area contributed by atoms with Gasteiger partial charge < -0.3 is 10.6 Å². The molecule has 0 bridgehead atoms. The van der Waals surface area contributed by atoms with Crippen LogP contribution in [0.4, 0.5) is 5.69 Å². The molecule has 0 aromatic heterocycles. The van der Waals surface area contributed by atoms with Crippen LogP contribution in [0.5, 0.6) is 0 Å². The number of hydrogen-bond donors (Lipinski definition) is 2. The third-order valence-corrected chi connectivity index (χ3v) is 4.39. The van der Waals surface area contributed by atoms with E-state index >= 15 is 0 Å². The van der Waals surface area contributed by atoms with Crippen LogP contribution in [-0.2, 0) is 0 Å². The van der Waals surface area contributed by atoms with Gasteiger partial charge in [-0.15, -0.1) is 0 Å². The molecule has 0 unspecified atom stereocenters. The van der Waals surface area contributed by atoms with Crippen LogP contribution in [0, 0.1) is 5.92 Å². The minimum Gasteiger partial charge on any atom is -0.385 e. The molecule has 0 radical (unpaired) electrons. The summed E-state index contributed by atoms with van der Waals surface area (Å²) in [6, 6.07) is 5.40. The summed E-state index contributed by atoms with van der Waals surface area (Å²) >= 11 is 6.01. The van der Waals surface area contributed by atoms with E-state index in [1.165, 1.54) is 32.1 Å². The van der Waals surface area contributed by atoms with Crippen LogP contribution in [0.1, 0.15) is 55.8 Å². The van der Waals surface area contributed by atoms with Crippen molar-refractivity contribution in [1.29, 1.82) is 0 Å². The molecule has 1 aromatic rings. The molecule has 2 rings (SSSR count). The van der Waals surface area contributed by atoms with Gasteiger partial charge in [0, 0.05) is 23.8 Å². The van der Waals surface area contributed by atoms with E-state index in [1.54, 1.807) is 12.1 Å². The topological polar surface area (TPSA) is 41.1 Å². The molecular formula is C17H25ClN2O. The number of halogens is 1. The Kier molecular flexibility index (Phi) is 6.37. The quantitative estimate of drug-likeness (QED) is 0.814. The molecule has 1 amide bonds. The molecule has 1 fully saturated rings. The molecule has 1 saturated carbocycles. The van der Waals surface area contributed by atoms with Crippen LogP contribution < -0.4 is 10.6 Å². The molecule has 1 aliphatic carbocycles. The zero-order chi connectivity index (χ0) is 15.1. The fourth-order valence-corrected chi connectivity index (χ4v) is 3.18. The van der Waals surface area contributed by atoms with Gasteiger partial charge in [0.25, 0.3) is 5.91 Å². The number of rotatable bonds is 6. The highest BCUT2D eigenvalue weighted by atomic mass is 35.5. The lowest BCUT2D eigenvalue weighted by molar-refractivity contribution is 0.0951. The Balaban J connectivity index is 1.88. The second-order valence-electron chi connectivity index (χ2n) is 5.77. The molecule has 116 valence electrons. The van der Waals surface area contributed by atoms with Crippen molar-refractivity contribution in [3.63, 3.8) is 0 Å². The zero-order valence-corrected chi connectivity index (χ0v) is 13.5. The fourth-order valence-electron chi connectivity index (χ4n) is 3.01. The Labute approximate surface area is 132 Å². The number of amides is 1. The molecule has 0 saturated heterocycles. The van der Waals surface area contributed by atoms with Crippen molar-refractivity contribution in [3.8, 4) is 0 Å². The first kappa shape index (κ1) is 16.2. The molecule has 0 aliphatic heterocycles. The maximum absolute atomic E-state index is 12.3. The SMILES string of the molecule is CCNc1ccc(Cl)cc1C(=O)NCCC1CCCCC1. The van der Waals surface area contributed by atoms with Gasteiger partial charge in [0.1, 0.15) is 0 Å². The van der Waals surface area contributed by atoms with Crippen LogP contribution in [0.15, 0.2) is 18.2 Å². The van der Waals surface area contributed by atoms with E-state index < -0.39 is 0 Å². The van der Waals surface area contributed by atoms with Crippen molar-refractivity contribution < 1.29 is 4.79 Å². The Morgan fingerprint density at radius 1 is 1.29 bits per heavy atom. The van der Waals surface area contributed by atoms with Gasteiger partial charge in [-0.05, 0) is 37.5 Å². The minimum absolute atomic E-state index is 0.0377. The number of carbonyl (C=O) groups excluding carboxylic acids is 1. The van der Waals surface area contributed by atoms with Crippen LogP contribution in [0.2, 0.25) is 5.02 Å². The van der Waals surface area contributed by atoms with E-state index in [9.17, 15) is 4.79 Å². The Morgan fingerprint density at radius 3 is 2.76 bits per heavy atom.